The Balaban J connectivity index is 2.08. The molecule has 0 saturated carbocycles. The summed E-state index contributed by atoms with van der Waals surface area (Å²) in [5, 5.41) is 6.64. The number of thioether (sulfide) groups is 1. The van der Waals surface area contributed by atoms with Crippen molar-refractivity contribution in [3.8, 4) is 0 Å². The molecular weight excluding hydrogens is 294 g/mol. The van der Waals surface area contributed by atoms with Gasteiger partial charge in [0, 0.05) is 10.8 Å². The van der Waals surface area contributed by atoms with Crippen molar-refractivity contribution in [3.05, 3.63) is 46.6 Å². The first kappa shape index (κ1) is 13.3. The van der Waals surface area contributed by atoms with Crippen molar-refractivity contribution >= 4 is 46.5 Å². The van der Waals surface area contributed by atoms with Crippen LogP contribution in [-0.2, 0) is 5.75 Å². The molecule has 6 heteroatoms. The molecule has 1 aromatic heterocycles. The lowest BCUT2D eigenvalue weighted by Crippen LogP contribution is -2.11. The summed E-state index contributed by atoms with van der Waals surface area (Å²) in [6, 6.07) is 8.96. The van der Waals surface area contributed by atoms with Crippen LogP contribution in [0.25, 0.3) is 0 Å². The van der Waals surface area contributed by atoms with Gasteiger partial charge in [0.1, 0.15) is 5.82 Å². The van der Waals surface area contributed by atoms with Gasteiger partial charge in [0.2, 0.25) is 0 Å². The number of anilines is 3. The number of benzene rings is 1. The van der Waals surface area contributed by atoms with Crippen molar-refractivity contribution in [1.29, 1.82) is 0 Å². The molecular formula is C14H12ClN3OS. The van der Waals surface area contributed by atoms with E-state index in [2.05, 4.69) is 15.6 Å². The zero-order valence-corrected chi connectivity index (χ0v) is 12.3. The Morgan fingerprint density at radius 1 is 1.20 bits per heavy atom. The monoisotopic (exact) mass is 305 g/mol. The van der Waals surface area contributed by atoms with E-state index in [0.29, 0.717) is 22.1 Å². The summed E-state index contributed by atoms with van der Waals surface area (Å²) in [5.41, 5.74) is 2.91. The third-order valence-electron chi connectivity index (χ3n) is 2.97. The highest BCUT2D eigenvalue weighted by Crippen LogP contribution is 2.33. The zero-order chi connectivity index (χ0) is 14.1. The minimum Gasteiger partial charge on any atom is -0.338 e. The van der Waals surface area contributed by atoms with E-state index in [4.69, 9.17) is 11.6 Å². The molecule has 0 fully saturated rings. The quantitative estimate of drug-likeness (QED) is 0.883. The van der Waals surface area contributed by atoms with E-state index >= 15 is 0 Å². The number of hydrogen-bond donors (Lipinski definition) is 2. The predicted molar refractivity (Wildman–Crippen MR) is 84.1 cm³/mol. The van der Waals surface area contributed by atoms with Crippen LogP contribution >= 0.6 is 23.4 Å². The number of fused-ring (bicyclic) bond motifs is 2. The van der Waals surface area contributed by atoms with Crippen molar-refractivity contribution in [1.82, 2.24) is 4.98 Å². The Labute approximate surface area is 125 Å². The fraction of sp³-hybridized carbons (Fsp3) is 0.143. The first-order valence-corrected chi connectivity index (χ1v) is 7.81. The predicted octanol–water partition coefficient (Wildman–Crippen LogP) is 3.91. The molecule has 2 heterocycles. The second-order valence-corrected chi connectivity index (χ2v) is 5.70. The highest BCUT2D eigenvalue weighted by molar-refractivity contribution is 7.97. The number of amides is 1. The molecule has 0 saturated heterocycles. The van der Waals surface area contributed by atoms with E-state index in [1.807, 2.05) is 12.3 Å². The van der Waals surface area contributed by atoms with Gasteiger partial charge in [-0.1, -0.05) is 11.6 Å². The minimum atomic E-state index is -0.170. The summed E-state index contributed by atoms with van der Waals surface area (Å²) in [6.45, 7) is 0. The molecule has 1 aliphatic heterocycles. The van der Waals surface area contributed by atoms with Crippen LogP contribution in [0.15, 0.2) is 30.3 Å². The summed E-state index contributed by atoms with van der Waals surface area (Å²) < 4.78 is 0. The van der Waals surface area contributed by atoms with E-state index in [0.717, 1.165) is 17.1 Å². The molecule has 4 nitrogen and oxygen atoms in total. The van der Waals surface area contributed by atoms with E-state index in [9.17, 15) is 4.79 Å². The van der Waals surface area contributed by atoms with Gasteiger partial charge in [0.05, 0.1) is 22.6 Å². The van der Waals surface area contributed by atoms with E-state index in [1.54, 1.807) is 36.0 Å². The number of carbonyl (C=O) groups excluding carboxylic acids is 1. The smallest absolute Gasteiger partial charge is 0.259 e. The maximum absolute atomic E-state index is 12.2. The summed E-state index contributed by atoms with van der Waals surface area (Å²) in [7, 11) is 0. The Morgan fingerprint density at radius 2 is 2.05 bits per heavy atom. The number of carbonyl (C=O) groups is 1. The molecule has 3 rings (SSSR count). The van der Waals surface area contributed by atoms with Crippen molar-refractivity contribution in [3.63, 3.8) is 0 Å². The number of nitrogens with zero attached hydrogens (tertiary/aromatic N) is 1. The SMILES string of the molecule is CSCc1ccc2c(n1)Nc1cc(Cl)ccc1NC2=O. The van der Waals surface area contributed by atoms with E-state index in [1.165, 1.54) is 0 Å². The first-order chi connectivity index (χ1) is 9.67. The zero-order valence-electron chi connectivity index (χ0n) is 10.7. The summed E-state index contributed by atoms with van der Waals surface area (Å²) in [5.74, 6) is 1.20. The lowest BCUT2D eigenvalue weighted by atomic mass is 10.2. The highest BCUT2D eigenvalue weighted by Gasteiger charge is 2.20. The third kappa shape index (κ3) is 2.46. The Kier molecular flexibility index (Phi) is 3.54. The highest BCUT2D eigenvalue weighted by atomic mass is 35.5. The molecule has 1 amide bonds. The van der Waals surface area contributed by atoms with E-state index < -0.39 is 0 Å². The first-order valence-electron chi connectivity index (χ1n) is 6.04. The molecule has 1 aromatic carbocycles. The molecule has 0 unspecified atom stereocenters. The van der Waals surface area contributed by atoms with Crippen LogP contribution in [0.1, 0.15) is 16.1 Å². The van der Waals surface area contributed by atoms with Crippen LogP contribution in [0.4, 0.5) is 17.2 Å². The summed E-state index contributed by atoms with van der Waals surface area (Å²) in [6.07, 6.45) is 2.02. The van der Waals surface area contributed by atoms with Gasteiger partial charge in [0.25, 0.3) is 5.91 Å². The van der Waals surface area contributed by atoms with Crippen LogP contribution in [0, 0.1) is 0 Å². The molecule has 20 heavy (non-hydrogen) atoms. The van der Waals surface area contributed by atoms with Gasteiger partial charge in [-0.2, -0.15) is 11.8 Å². The fourth-order valence-electron chi connectivity index (χ4n) is 2.05. The number of nitrogens with one attached hydrogen (secondary N) is 2. The maximum atomic E-state index is 12.2. The Hall–Kier alpha value is -1.72. The summed E-state index contributed by atoms with van der Waals surface area (Å²) >= 11 is 7.69. The van der Waals surface area contributed by atoms with Gasteiger partial charge >= 0.3 is 0 Å². The average Bonchev–Trinajstić information content (AvgIpc) is 2.55. The molecule has 1 aliphatic rings. The molecule has 0 atom stereocenters. The lowest BCUT2D eigenvalue weighted by molar-refractivity contribution is 0.102. The Morgan fingerprint density at radius 3 is 2.85 bits per heavy atom. The van der Waals surface area contributed by atoms with Gasteiger partial charge in [-0.05, 0) is 36.6 Å². The molecule has 0 aliphatic carbocycles. The number of pyridine rings is 1. The van der Waals surface area contributed by atoms with Crippen LogP contribution in [0.5, 0.6) is 0 Å². The van der Waals surface area contributed by atoms with Crippen molar-refractivity contribution in [2.24, 2.45) is 0 Å². The standard InChI is InChI=1S/C14H12ClN3OS/c1-20-7-9-3-4-10-13(16-9)17-12-6-8(15)2-5-11(12)18-14(10)19/h2-6H,7H2,1H3,(H,16,17)(H,18,19). The van der Waals surface area contributed by atoms with Crippen molar-refractivity contribution in [2.75, 3.05) is 16.9 Å². The number of rotatable bonds is 2. The van der Waals surface area contributed by atoms with Crippen LogP contribution < -0.4 is 10.6 Å². The lowest BCUT2D eigenvalue weighted by Gasteiger charge is -2.09. The van der Waals surface area contributed by atoms with Gasteiger partial charge in [-0.15, -0.1) is 0 Å². The largest absolute Gasteiger partial charge is 0.338 e. The normalized spacial score (nSPS) is 12.8. The van der Waals surface area contributed by atoms with Gasteiger partial charge < -0.3 is 10.6 Å². The molecule has 0 radical (unpaired) electrons. The maximum Gasteiger partial charge on any atom is 0.259 e. The fourth-order valence-corrected chi connectivity index (χ4v) is 2.68. The number of hydrogen-bond acceptors (Lipinski definition) is 4. The van der Waals surface area contributed by atoms with Crippen molar-refractivity contribution in [2.45, 2.75) is 5.75 Å². The Bertz CT molecular complexity index is 690. The third-order valence-corrected chi connectivity index (χ3v) is 3.79. The molecule has 0 bridgehead atoms. The van der Waals surface area contributed by atoms with Gasteiger partial charge in [0.15, 0.2) is 0 Å². The summed E-state index contributed by atoms with van der Waals surface area (Å²) in [4.78, 5) is 16.7. The van der Waals surface area contributed by atoms with Crippen LogP contribution in [0.3, 0.4) is 0 Å². The van der Waals surface area contributed by atoms with Crippen LogP contribution in [-0.4, -0.2) is 17.1 Å². The topological polar surface area (TPSA) is 54.0 Å². The molecule has 2 N–H and O–H groups in total. The van der Waals surface area contributed by atoms with Gasteiger partial charge in [-0.3, -0.25) is 4.79 Å². The molecule has 102 valence electrons. The van der Waals surface area contributed by atoms with Crippen LogP contribution in [0.2, 0.25) is 5.02 Å². The van der Waals surface area contributed by atoms with Gasteiger partial charge in [-0.25, -0.2) is 4.98 Å². The molecule has 2 aromatic rings. The number of halogens is 1. The second kappa shape index (κ2) is 5.34. The molecule has 0 spiro atoms. The van der Waals surface area contributed by atoms with E-state index in [-0.39, 0.29) is 5.91 Å². The average molecular weight is 306 g/mol. The number of aromatic nitrogens is 1. The second-order valence-electron chi connectivity index (χ2n) is 4.40. The minimum absolute atomic E-state index is 0.170. The van der Waals surface area contributed by atoms with Crippen molar-refractivity contribution < 1.29 is 4.79 Å².